The van der Waals surface area contributed by atoms with Gasteiger partial charge in [-0.1, -0.05) is 53.0 Å². The number of hydrogen-bond donors (Lipinski definition) is 2. The van der Waals surface area contributed by atoms with Crippen LogP contribution in [0.2, 0.25) is 15.1 Å². The molecule has 3 rings (SSSR count). The minimum atomic E-state index is -1.12. The highest BCUT2D eigenvalue weighted by Gasteiger charge is 2.56. The maximum Gasteiger partial charge on any atom is 0.240 e. The molecule has 1 aliphatic carbocycles. The lowest BCUT2D eigenvalue weighted by molar-refractivity contribution is -0.131. The fourth-order valence-corrected chi connectivity index (χ4v) is 3.01. The van der Waals surface area contributed by atoms with E-state index in [1.807, 2.05) is 0 Å². The molecule has 2 amide bonds. The van der Waals surface area contributed by atoms with Crippen LogP contribution in [0.4, 0.5) is 11.4 Å². The number of nitrogens with one attached hydrogen (secondary N) is 2. The molecular formula is C17H13Cl3N2O2. The molecule has 2 aromatic carbocycles. The van der Waals surface area contributed by atoms with Gasteiger partial charge < -0.3 is 10.6 Å². The Bertz CT molecular complexity index is 799. The second-order valence-electron chi connectivity index (χ2n) is 5.57. The summed E-state index contributed by atoms with van der Waals surface area (Å²) >= 11 is 18.2. The molecule has 2 N–H and O–H groups in total. The van der Waals surface area contributed by atoms with Crippen molar-refractivity contribution in [1.82, 2.24) is 0 Å². The van der Waals surface area contributed by atoms with Crippen molar-refractivity contribution in [1.29, 1.82) is 0 Å². The fraction of sp³-hybridized carbons (Fsp3) is 0.176. The van der Waals surface area contributed by atoms with Gasteiger partial charge in [0.2, 0.25) is 11.8 Å². The van der Waals surface area contributed by atoms with Gasteiger partial charge in [-0.2, -0.15) is 0 Å². The van der Waals surface area contributed by atoms with E-state index in [1.54, 1.807) is 42.5 Å². The smallest absolute Gasteiger partial charge is 0.240 e. The Labute approximate surface area is 154 Å². The Morgan fingerprint density at radius 1 is 0.792 bits per heavy atom. The molecule has 1 fully saturated rings. The number of hydrogen-bond acceptors (Lipinski definition) is 2. The van der Waals surface area contributed by atoms with Crippen molar-refractivity contribution in [3.63, 3.8) is 0 Å². The second kappa shape index (κ2) is 6.63. The van der Waals surface area contributed by atoms with E-state index in [-0.39, 0.29) is 0 Å². The minimum Gasteiger partial charge on any atom is -0.324 e. The Kier molecular flexibility index (Phi) is 4.72. The van der Waals surface area contributed by atoms with Crippen molar-refractivity contribution < 1.29 is 9.59 Å². The molecule has 0 aliphatic heterocycles. The molecule has 2 aromatic rings. The molecule has 0 atom stereocenters. The number of carbonyl (C=O) groups is 2. The van der Waals surface area contributed by atoms with Gasteiger partial charge in [0.1, 0.15) is 5.41 Å². The Morgan fingerprint density at radius 3 is 1.92 bits per heavy atom. The topological polar surface area (TPSA) is 58.2 Å². The highest BCUT2D eigenvalue weighted by Crippen LogP contribution is 2.48. The zero-order valence-electron chi connectivity index (χ0n) is 12.4. The Hall–Kier alpha value is -1.75. The number of rotatable bonds is 4. The van der Waals surface area contributed by atoms with Gasteiger partial charge in [-0.05, 0) is 37.1 Å². The van der Waals surface area contributed by atoms with Gasteiger partial charge in [-0.3, -0.25) is 9.59 Å². The van der Waals surface area contributed by atoms with Crippen LogP contribution in [-0.4, -0.2) is 11.8 Å². The van der Waals surface area contributed by atoms with Crippen LogP contribution in [-0.2, 0) is 9.59 Å². The molecule has 1 aliphatic rings. The number of halogens is 3. The molecular weight excluding hydrogens is 371 g/mol. The molecule has 4 nitrogen and oxygen atoms in total. The molecule has 0 saturated heterocycles. The van der Waals surface area contributed by atoms with Gasteiger partial charge in [-0.15, -0.1) is 0 Å². The summed E-state index contributed by atoms with van der Waals surface area (Å²) in [7, 11) is 0. The van der Waals surface area contributed by atoms with Crippen LogP contribution in [0.5, 0.6) is 0 Å². The first-order chi connectivity index (χ1) is 11.4. The number of anilines is 2. The number of benzene rings is 2. The maximum atomic E-state index is 12.6. The minimum absolute atomic E-state index is 0.308. The van der Waals surface area contributed by atoms with Crippen molar-refractivity contribution in [3.05, 3.63) is 57.5 Å². The largest absolute Gasteiger partial charge is 0.324 e. The third-order valence-corrected chi connectivity index (χ3v) is 4.90. The SMILES string of the molecule is O=C(Nc1ccccc1Cl)C1(C(=O)Nc2c(Cl)cccc2Cl)CC1. The summed E-state index contributed by atoms with van der Waals surface area (Å²) in [5.74, 6) is -0.821. The molecule has 0 aromatic heterocycles. The molecule has 1 saturated carbocycles. The summed E-state index contributed by atoms with van der Waals surface area (Å²) in [6.07, 6.45) is 0.911. The van der Waals surface area contributed by atoms with Gasteiger partial charge >= 0.3 is 0 Å². The molecule has 0 spiro atoms. The first-order valence-electron chi connectivity index (χ1n) is 7.25. The summed E-state index contributed by atoms with van der Waals surface area (Å²) in [4.78, 5) is 25.1. The molecule has 24 heavy (non-hydrogen) atoms. The number of para-hydroxylation sites is 2. The van der Waals surface area contributed by atoms with E-state index in [0.717, 1.165) is 0 Å². The van der Waals surface area contributed by atoms with Crippen molar-refractivity contribution in [3.8, 4) is 0 Å². The first kappa shape index (κ1) is 17.1. The van der Waals surface area contributed by atoms with Crippen molar-refractivity contribution in [2.24, 2.45) is 5.41 Å². The lowest BCUT2D eigenvalue weighted by Crippen LogP contribution is -2.35. The highest BCUT2D eigenvalue weighted by molar-refractivity contribution is 6.40. The summed E-state index contributed by atoms with van der Waals surface area (Å²) in [5.41, 5.74) is -0.344. The van der Waals surface area contributed by atoms with Crippen LogP contribution in [0.3, 0.4) is 0 Å². The summed E-state index contributed by atoms with van der Waals surface area (Å²) in [5, 5.41) is 6.43. The van der Waals surface area contributed by atoms with E-state index in [1.165, 1.54) is 0 Å². The van der Waals surface area contributed by atoms with Gasteiger partial charge in [0.15, 0.2) is 0 Å². The monoisotopic (exact) mass is 382 g/mol. The van der Waals surface area contributed by atoms with Crippen LogP contribution < -0.4 is 10.6 Å². The number of carbonyl (C=O) groups excluding carboxylic acids is 2. The highest BCUT2D eigenvalue weighted by atomic mass is 35.5. The van der Waals surface area contributed by atoms with Crippen LogP contribution in [0.15, 0.2) is 42.5 Å². The van der Waals surface area contributed by atoms with E-state index in [9.17, 15) is 9.59 Å². The van der Waals surface area contributed by atoms with E-state index in [2.05, 4.69) is 10.6 Å². The first-order valence-corrected chi connectivity index (χ1v) is 8.39. The zero-order valence-corrected chi connectivity index (χ0v) is 14.7. The summed E-state index contributed by atoms with van der Waals surface area (Å²) in [6.45, 7) is 0. The van der Waals surface area contributed by atoms with Gasteiger partial charge in [0.05, 0.1) is 26.4 Å². The van der Waals surface area contributed by atoms with Crippen molar-refractivity contribution >= 4 is 58.0 Å². The van der Waals surface area contributed by atoms with Gasteiger partial charge in [-0.25, -0.2) is 0 Å². The predicted molar refractivity (Wildman–Crippen MR) is 96.8 cm³/mol. The average Bonchev–Trinajstić information content (AvgIpc) is 3.35. The molecule has 7 heteroatoms. The third-order valence-electron chi connectivity index (χ3n) is 3.94. The van der Waals surface area contributed by atoms with Crippen molar-refractivity contribution in [2.75, 3.05) is 10.6 Å². The second-order valence-corrected chi connectivity index (χ2v) is 6.79. The average molecular weight is 384 g/mol. The van der Waals surface area contributed by atoms with Crippen LogP contribution in [0.25, 0.3) is 0 Å². The standard InChI is InChI=1S/C17H13Cl3N2O2/c18-10-4-1-2-7-13(10)21-15(23)17(8-9-17)16(24)22-14-11(19)5-3-6-12(14)20/h1-7H,8-9H2,(H,21,23)(H,22,24). The normalized spacial score (nSPS) is 14.8. The van der Waals surface area contributed by atoms with Crippen LogP contribution in [0, 0.1) is 5.41 Å². The molecule has 0 unspecified atom stereocenters. The zero-order chi connectivity index (χ0) is 17.3. The van der Waals surface area contributed by atoms with Crippen LogP contribution >= 0.6 is 34.8 Å². The lowest BCUT2D eigenvalue weighted by Gasteiger charge is -2.17. The van der Waals surface area contributed by atoms with E-state index in [0.29, 0.717) is 39.3 Å². The summed E-state index contributed by atoms with van der Waals surface area (Å²) in [6, 6.07) is 11.8. The van der Waals surface area contributed by atoms with E-state index in [4.69, 9.17) is 34.8 Å². The van der Waals surface area contributed by atoms with E-state index >= 15 is 0 Å². The van der Waals surface area contributed by atoms with Gasteiger partial charge in [0, 0.05) is 0 Å². The Morgan fingerprint density at radius 2 is 1.33 bits per heavy atom. The third kappa shape index (κ3) is 3.22. The summed E-state index contributed by atoms with van der Waals surface area (Å²) < 4.78 is 0. The number of amides is 2. The van der Waals surface area contributed by atoms with E-state index < -0.39 is 17.2 Å². The molecule has 0 radical (unpaired) electrons. The van der Waals surface area contributed by atoms with Gasteiger partial charge in [0.25, 0.3) is 0 Å². The lowest BCUT2D eigenvalue weighted by atomic mass is 10.0. The molecule has 0 heterocycles. The maximum absolute atomic E-state index is 12.6. The fourth-order valence-electron chi connectivity index (χ4n) is 2.34. The van der Waals surface area contributed by atoms with Crippen LogP contribution in [0.1, 0.15) is 12.8 Å². The molecule has 0 bridgehead atoms. The Balaban J connectivity index is 1.77. The predicted octanol–water partition coefficient (Wildman–Crippen LogP) is 5.00. The van der Waals surface area contributed by atoms with Crippen molar-refractivity contribution in [2.45, 2.75) is 12.8 Å². The molecule has 124 valence electrons. The quantitative estimate of drug-likeness (QED) is 0.730.